The number of carbonyl (C=O) groups excluding carboxylic acids is 3. The van der Waals surface area contributed by atoms with Gasteiger partial charge in [-0.15, -0.1) is 10.2 Å². The molecule has 0 radical (unpaired) electrons. The monoisotopic (exact) mass is 838 g/mol. The Balaban J connectivity index is 0.000000158. The first-order valence-electron chi connectivity index (χ1n) is 20.2. The number of para-hydroxylation sites is 1. The fourth-order valence-corrected chi connectivity index (χ4v) is 7.94. The highest BCUT2D eigenvalue weighted by atomic mass is 32.2. The normalized spacial score (nSPS) is 14.8. The van der Waals surface area contributed by atoms with E-state index in [4.69, 9.17) is 4.74 Å². The zero-order valence-electron chi connectivity index (χ0n) is 32.9. The first-order valence-corrected chi connectivity index (χ1v) is 21.7. The lowest BCUT2D eigenvalue weighted by Crippen LogP contribution is -2.28. The zero-order chi connectivity index (χ0) is 41.9. The average Bonchev–Trinajstić information content (AvgIpc) is 4.14. The highest BCUT2D eigenvalue weighted by molar-refractivity contribution is 7.93. The van der Waals surface area contributed by atoms with Gasteiger partial charge >= 0.3 is 0 Å². The van der Waals surface area contributed by atoms with E-state index in [9.17, 15) is 22.8 Å². The molecule has 3 aliphatic rings. The van der Waals surface area contributed by atoms with Crippen molar-refractivity contribution in [3.63, 3.8) is 0 Å². The molecule has 17 heteroatoms. The Morgan fingerprint density at radius 3 is 1.66 bits per heavy atom. The van der Waals surface area contributed by atoms with Gasteiger partial charge in [0.1, 0.15) is 12.4 Å². The maximum Gasteiger partial charge on any atom is 0.251 e. The molecule has 3 aromatic carbocycles. The van der Waals surface area contributed by atoms with Gasteiger partial charge < -0.3 is 10.1 Å². The maximum atomic E-state index is 12.4. The number of carbonyl (C=O) groups is 3. The van der Waals surface area contributed by atoms with Crippen molar-refractivity contribution >= 4 is 56.6 Å². The minimum atomic E-state index is -3.28. The minimum Gasteiger partial charge on any atom is -0.492 e. The molecular formula is C44H42N10O6S. The summed E-state index contributed by atoms with van der Waals surface area (Å²) in [5, 5.41) is 17.0. The van der Waals surface area contributed by atoms with Crippen molar-refractivity contribution in [2.75, 3.05) is 28.5 Å². The minimum absolute atomic E-state index is 0.0306. The van der Waals surface area contributed by atoms with Crippen molar-refractivity contribution in [1.29, 1.82) is 0 Å². The Bertz CT molecular complexity index is 2830. The number of aromatic nitrogens is 6. The standard InChI is InChI=1S/C25H23N5O3.C19H19N5O3S/c31-23(26-15-16-33-20-5-2-1-3-6-20)18-11-9-17(10-12-18)21-7-4-8-22-27-25(29-30(21)22)28-24(32)19-13-14-19;25-18(13-4-5-13)21-19-20-17-3-1-2-16(24(17)22-19)12-6-8-14(9-7-12)23-28(26,27)15-10-11-15/h1-12,19H,13-16H2,(H,26,31)(H,28,29,32);1-3,6-9,13,15,23H,4-5,10-11H2,(H,21,22,25). The number of hydrogen-bond acceptors (Lipinski definition) is 10. The van der Waals surface area contributed by atoms with Crippen LogP contribution in [0.1, 0.15) is 48.9 Å². The van der Waals surface area contributed by atoms with Crippen LogP contribution in [0, 0.1) is 11.8 Å². The molecule has 4 aromatic heterocycles. The molecule has 0 spiro atoms. The average molecular weight is 839 g/mol. The smallest absolute Gasteiger partial charge is 0.251 e. The molecule has 0 aliphatic heterocycles. The highest BCUT2D eigenvalue weighted by Crippen LogP contribution is 2.32. The summed E-state index contributed by atoms with van der Waals surface area (Å²) in [6.07, 6.45) is 5.13. The van der Waals surface area contributed by atoms with Crippen molar-refractivity contribution in [1.82, 2.24) is 34.5 Å². The largest absolute Gasteiger partial charge is 0.492 e. The summed E-state index contributed by atoms with van der Waals surface area (Å²) < 4.78 is 35.7. The van der Waals surface area contributed by atoms with Crippen LogP contribution in [0.2, 0.25) is 0 Å². The number of nitrogens with zero attached hydrogens (tertiary/aromatic N) is 6. The summed E-state index contributed by atoms with van der Waals surface area (Å²) in [5.41, 5.74) is 5.73. The highest BCUT2D eigenvalue weighted by Gasteiger charge is 2.36. The van der Waals surface area contributed by atoms with Gasteiger partial charge in [-0.3, -0.25) is 29.7 Å². The molecule has 3 amide bonds. The van der Waals surface area contributed by atoms with Crippen LogP contribution < -0.4 is 25.4 Å². The van der Waals surface area contributed by atoms with E-state index in [1.165, 1.54) is 0 Å². The maximum absolute atomic E-state index is 12.4. The van der Waals surface area contributed by atoms with Crippen molar-refractivity contribution in [2.45, 2.75) is 43.8 Å². The molecule has 61 heavy (non-hydrogen) atoms. The molecule has 0 atom stereocenters. The van der Waals surface area contributed by atoms with E-state index in [1.807, 2.05) is 91.0 Å². The van der Waals surface area contributed by atoms with Crippen molar-refractivity contribution in [2.24, 2.45) is 11.8 Å². The Morgan fingerprint density at radius 2 is 1.15 bits per heavy atom. The molecule has 0 saturated heterocycles. The number of sulfonamides is 1. The quantitative estimate of drug-likeness (QED) is 0.0914. The fourth-order valence-electron chi connectivity index (χ4n) is 6.55. The molecule has 3 fully saturated rings. The SMILES string of the molecule is O=C(NCCOc1ccccc1)c1ccc(-c2cccc3nc(NC(=O)C4CC4)nn23)cc1.O=C(Nc1nc2cccc(-c3ccc(NS(=O)(=O)C4CC4)cc3)n2n1)C1CC1. The topological polar surface area (TPSA) is 203 Å². The number of anilines is 3. The Hall–Kier alpha value is -7.14. The van der Waals surface area contributed by atoms with Crippen LogP contribution in [-0.4, -0.2) is 73.7 Å². The Labute approximate surface area is 350 Å². The third-order valence-electron chi connectivity index (χ3n) is 10.3. The predicted molar refractivity (Wildman–Crippen MR) is 229 cm³/mol. The van der Waals surface area contributed by atoms with Gasteiger partial charge in [-0.25, -0.2) is 17.4 Å². The van der Waals surface area contributed by atoms with Gasteiger partial charge in [0.2, 0.25) is 33.7 Å². The molecule has 3 saturated carbocycles. The number of amides is 3. The van der Waals surface area contributed by atoms with E-state index in [1.54, 1.807) is 33.3 Å². The van der Waals surface area contributed by atoms with Crippen LogP contribution in [0.3, 0.4) is 0 Å². The van der Waals surface area contributed by atoms with E-state index in [2.05, 4.69) is 40.8 Å². The van der Waals surface area contributed by atoms with Crippen LogP contribution >= 0.6 is 0 Å². The van der Waals surface area contributed by atoms with E-state index in [-0.39, 0.29) is 40.8 Å². The van der Waals surface area contributed by atoms with E-state index in [0.717, 1.165) is 66.8 Å². The lowest BCUT2D eigenvalue weighted by atomic mass is 10.1. The molecule has 0 unspecified atom stereocenters. The van der Waals surface area contributed by atoms with Crippen LogP contribution in [0.4, 0.5) is 17.6 Å². The molecule has 4 heterocycles. The number of pyridine rings is 2. The van der Waals surface area contributed by atoms with Crippen LogP contribution in [0.25, 0.3) is 33.8 Å². The number of ether oxygens (including phenoxy) is 1. The van der Waals surface area contributed by atoms with E-state index in [0.29, 0.717) is 41.6 Å². The van der Waals surface area contributed by atoms with Gasteiger partial charge in [0.25, 0.3) is 5.91 Å². The second-order valence-electron chi connectivity index (χ2n) is 15.2. The summed E-state index contributed by atoms with van der Waals surface area (Å²) in [6, 6.07) is 35.1. The molecule has 7 aromatic rings. The Morgan fingerprint density at radius 1 is 0.623 bits per heavy atom. The van der Waals surface area contributed by atoms with Gasteiger partial charge in [-0.2, -0.15) is 9.97 Å². The predicted octanol–water partition coefficient (Wildman–Crippen LogP) is 6.20. The van der Waals surface area contributed by atoms with Gasteiger partial charge in [0.15, 0.2) is 11.3 Å². The first kappa shape index (κ1) is 39.3. The molecule has 0 bridgehead atoms. The molecule has 310 valence electrons. The molecular weight excluding hydrogens is 797 g/mol. The summed E-state index contributed by atoms with van der Waals surface area (Å²) in [6.45, 7) is 0.796. The fraction of sp³-hybridized carbons (Fsp3) is 0.250. The van der Waals surface area contributed by atoms with Crippen LogP contribution in [0.15, 0.2) is 115 Å². The second kappa shape index (κ2) is 16.8. The second-order valence-corrected chi connectivity index (χ2v) is 17.1. The van der Waals surface area contributed by atoms with Crippen molar-refractivity contribution < 1.29 is 27.5 Å². The Kier molecular flexibility index (Phi) is 10.9. The number of rotatable bonds is 14. The van der Waals surface area contributed by atoms with Gasteiger partial charge in [0, 0.05) is 34.2 Å². The number of hydrogen-bond donors (Lipinski definition) is 4. The van der Waals surface area contributed by atoms with Crippen molar-refractivity contribution in [3.05, 3.63) is 121 Å². The number of nitrogens with one attached hydrogen (secondary N) is 4. The third-order valence-corrected chi connectivity index (χ3v) is 12.2. The van der Waals surface area contributed by atoms with Crippen LogP contribution in [-0.2, 0) is 19.6 Å². The zero-order valence-corrected chi connectivity index (χ0v) is 33.7. The molecule has 4 N–H and O–H groups in total. The first-order chi connectivity index (χ1) is 29.7. The van der Waals surface area contributed by atoms with Crippen molar-refractivity contribution in [3.8, 4) is 28.3 Å². The number of fused-ring (bicyclic) bond motifs is 2. The lowest BCUT2D eigenvalue weighted by molar-refractivity contribution is -0.118. The van der Waals surface area contributed by atoms with Gasteiger partial charge in [-0.1, -0.05) is 54.6 Å². The number of benzene rings is 3. The van der Waals surface area contributed by atoms with Crippen LogP contribution in [0.5, 0.6) is 5.75 Å². The summed E-state index contributed by atoms with van der Waals surface area (Å²) in [4.78, 5) is 45.2. The summed E-state index contributed by atoms with van der Waals surface area (Å²) in [5.74, 6) is 1.29. The summed E-state index contributed by atoms with van der Waals surface area (Å²) in [7, 11) is -3.28. The molecule has 3 aliphatic carbocycles. The summed E-state index contributed by atoms with van der Waals surface area (Å²) >= 11 is 0. The molecule has 10 rings (SSSR count). The van der Waals surface area contributed by atoms with Gasteiger partial charge in [0.05, 0.1) is 23.2 Å². The van der Waals surface area contributed by atoms with E-state index >= 15 is 0 Å². The molecule has 16 nitrogen and oxygen atoms in total. The van der Waals surface area contributed by atoms with Gasteiger partial charge in [-0.05, 0) is 99.2 Å². The lowest BCUT2D eigenvalue weighted by Gasteiger charge is -2.09. The van der Waals surface area contributed by atoms with E-state index < -0.39 is 10.0 Å². The third kappa shape index (κ3) is 9.52.